The van der Waals surface area contributed by atoms with E-state index in [-0.39, 0.29) is 17.2 Å². The number of hydrogen-bond acceptors (Lipinski definition) is 3. The lowest BCUT2D eigenvalue weighted by atomic mass is 9.81. The van der Waals surface area contributed by atoms with Gasteiger partial charge in [0.2, 0.25) is 11.8 Å². The Hall–Kier alpha value is -1.10. The van der Waals surface area contributed by atoms with Crippen LogP contribution in [0.5, 0.6) is 0 Å². The van der Waals surface area contributed by atoms with Gasteiger partial charge in [0.05, 0.1) is 5.41 Å². The summed E-state index contributed by atoms with van der Waals surface area (Å²) >= 11 is 0. The van der Waals surface area contributed by atoms with Crippen LogP contribution >= 0.6 is 0 Å². The van der Waals surface area contributed by atoms with Crippen molar-refractivity contribution in [3.8, 4) is 0 Å². The van der Waals surface area contributed by atoms with Crippen molar-refractivity contribution in [2.24, 2.45) is 5.41 Å². The van der Waals surface area contributed by atoms with Gasteiger partial charge in [0, 0.05) is 39.6 Å². The number of nitrogens with zero attached hydrogens (tertiary/aromatic N) is 2. The second-order valence-corrected chi connectivity index (χ2v) is 5.64. The Kier molecular flexibility index (Phi) is 3.90. The summed E-state index contributed by atoms with van der Waals surface area (Å²) in [5, 5.41) is 3.31. The van der Waals surface area contributed by atoms with E-state index in [0.29, 0.717) is 26.2 Å². The van der Waals surface area contributed by atoms with E-state index < -0.39 is 0 Å². The molecule has 2 saturated heterocycles. The maximum absolute atomic E-state index is 12.5. The first kappa shape index (κ1) is 13.3. The van der Waals surface area contributed by atoms with Crippen LogP contribution < -0.4 is 5.32 Å². The van der Waals surface area contributed by atoms with Crippen molar-refractivity contribution in [3.05, 3.63) is 0 Å². The predicted molar refractivity (Wildman–Crippen MR) is 69.0 cm³/mol. The van der Waals surface area contributed by atoms with E-state index >= 15 is 0 Å². The van der Waals surface area contributed by atoms with Crippen LogP contribution in [0.2, 0.25) is 0 Å². The maximum Gasteiger partial charge on any atom is 0.229 e. The third-order valence-corrected chi connectivity index (χ3v) is 4.13. The molecule has 0 aromatic heterocycles. The second-order valence-electron chi connectivity index (χ2n) is 5.64. The molecule has 0 radical (unpaired) electrons. The van der Waals surface area contributed by atoms with Gasteiger partial charge in [-0.05, 0) is 26.3 Å². The molecule has 2 fully saturated rings. The SMILES string of the molecule is CC(=O)N1CCN(C(=O)C2(C)CCCNC2)CC1. The largest absolute Gasteiger partial charge is 0.339 e. The zero-order valence-electron chi connectivity index (χ0n) is 11.4. The molecule has 2 aliphatic heterocycles. The Morgan fingerprint density at radius 2 is 1.72 bits per heavy atom. The molecule has 102 valence electrons. The van der Waals surface area contributed by atoms with Gasteiger partial charge in [0.25, 0.3) is 0 Å². The average molecular weight is 253 g/mol. The normalized spacial score (nSPS) is 29.2. The predicted octanol–water partition coefficient (Wildman–Crippen LogP) is 0.0668. The van der Waals surface area contributed by atoms with Gasteiger partial charge in [-0.1, -0.05) is 0 Å². The Balaban J connectivity index is 1.92. The van der Waals surface area contributed by atoms with E-state index in [9.17, 15) is 9.59 Å². The first-order chi connectivity index (χ1) is 8.53. The van der Waals surface area contributed by atoms with Gasteiger partial charge >= 0.3 is 0 Å². The molecule has 0 saturated carbocycles. The molecule has 2 rings (SSSR count). The van der Waals surface area contributed by atoms with E-state index in [1.165, 1.54) is 0 Å². The number of carbonyl (C=O) groups is 2. The number of piperidine rings is 1. The number of carbonyl (C=O) groups excluding carboxylic acids is 2. The lowest BCUT2D eigenvalue weighted by Gasteiger charge is -2.41. The van der Waals surface area contributed by atoms with Crippen molar-refractivity contribution in [3.63, 3.8) is 0 Å². The number of amides is 2. The fourth-order valence-corrected chi connectivity index (χ4v) is 2.84. The van der Waals surface area contributed by atoms with E-state index in [1.54, 1.807) is 6.92 Å². The van der Waals surface area contributed by atoms with Gasteiger partial charge < -0.3 is 15.1 Å². The summed E-state index contributed by atoms with van der Waals surface area (Å²) in [6, 6.07) is 0. The van der Waals surface area contributed by atoms with Crippen LogP contribution in [0.4, 0.5) is 0 Å². The van der Waals surface area contributed by atoms with Crippen LogP contribution in [-0.2, 0) is 9.59 Å². The highest BCUT2D eigenvalue weighted by atomic mass is 16.2. The fraction of sp³-hybridized carbons (Fsp3) is 0.846. The van der Waals surface area contributed by atoms with Crippen LogP contribution in [0, 0.1) is 5.41 Å². The van der Waals surface area contributed by atoms with Gasteiger partial charge in [0.1, 0.15) is 0 Å². The molecule has 5 heteroatoms. The molecule has 0 aromatic rings. The smallest absolute Gasteiger partial charge is 0.229 e. The molecule has 2 heterocycles. The Morgan fingerprint density at radius 3 is 2.22 bits per heavy atom. The van der Waals surface area contributed by atoms with E-state index in [1.807, 2.05) is 9.80 Å². The minimum absolute atomic E-state index is 0.104. The first-order valence-electron chi connectivity index (χ1n) is 6.78. The molecule has 2 amide bonds. The maximum atomic E-state index is 12.5. The Bertz CT molecular complexity index is 329. The van der Waals surface area contributed by atoms with Crippen LogP contribution in [-0.4, -0.2) is 60.9 Å². The monoisotopic (exact) mass is 253 g/mol. The zero-order chi connectivity index (χ0) is 13.2. The minimum Gasteiger partial charge on any atom is -0.339 e. The van der Waals surface area contributed by atoms with Crippen LogP contribution in [0.3, 0.4) is 0 Å². The molecule has 0 bridgehead atoms. The molecular weight excluding hydrogens is 230 g/mol. The van der Waals surface area contributed by atoms with Gasteiger partial charge in [0.15, 0.2) is 0 Å². The summed E-state index contributed by atoms with van der Waals surface area (Å²) in [7, 11) is 0. The van der Waals surface area contributed by atoms with E-state index in [4.69, 9.17) is 0 Å². The quantitative estimate of drug-likeness (QED) is 0.719. The molecule has 0 aliphatic carbocycles. The summed E-state index contributed by atoms with van der Waals surface area (Å²) in [6.45, 7) is 8.12. The van der Waals surface area contributed by atoms with Crippen LogP contribution in [0.25, 0.3) is 0 Å². The van der Waals surface area contributed by atoms with Gasteiger partial charge in [-0.3, -0.25) is 9.59 Å². The van der Waals surface area contributed by atoms with E-state index in [0.717, 1.165) is 25.9 Å². The van der Waals surface area contributed by atoms with Crippen molar-refractivity contribution >= 4 is 11.8 Å². The summed E-state index contributed by atoms with van der Waals surface area (Å²) in [5.41, 5.74) is -0.253. The molecule has 0 aromatic carbocycles. The summed E-state index contributed by atoms with van der Waals surface area (Å²) < 4.78 is 0. The standard InChI is InChI=1S/C13H23N3O2/c1-11(17)15-6-8-16(9-7-15)12(18)13(2)4-3-5-14-10-13/h14H,3-10H2,1-2H3. The van der Waals surface area contributed by atoms with Crippen molar-refractivity contribution in [2.45, 2.75) is 26.7 Å². The zero-order valence-corrected chi connectivity index (χ0v) is 11.4. The van der Waals surface area contributed by atoms with Crippen molar-refractivity contribution in [1.82, 2.24) is 15.1 Å². The average Bonchev–Trinajstić information content (AvgIpc) is 2.39. The van der Waals surface area contributed by atoms with Gasteiger partial charge in [-0.25, -0.2) is 0 Å². The first-order valence-corrected chi connectivity index (χ1v) is 6.78. The Labute approximate surface area is 108 Å². The highest BCUT2D eigenvalue weighted by Gasteiger charge is 2.38. The topological polar surface area (TPSA) is 52.7 Å². The number of rotatable bonds is 1. The lowest BCUT2D eigenvalue weighted by molar-refractivity contribution is -0.146. The Morgan fingerprint density at radius 1 is 1.11 bits per heavy atom. The molecule has 1 unspecified atom stereocenters. The molecule has 18 heavy (non-hydrogen) atoms. The van der Waals surface area contributed by atoms with Crippen molar-refractivity contribution < 1.29 is 9.59 Å². The van der Waals surface area contributed by atoms with Crippen LogP contribution in [0.15, 0.2) is 0 Å². The molecule has 5 nitrogen and oxygen atoms in total. The lowest BCUT2D eigenvalue weighted by Crippen LogP contribution is -2.56. The molecule has 2 aliphatic rings. The molecule has 0 spiro atoms. The van der Waals surface area contributed by atoms with Gasteiger partial charge in [-0.15, -0.1) is 0 Å². The summed E-state index contributed by atoms with van der Waals surface area (Å²) in [5.74, 6) is 0.352. The molecular formula is C13H23N3O2. The number of piperazine rings is 1. The highest BCUT2D eigenvalue weighted by Crippen LogP contribution is 2.28. The van der Waals surface area contributed by atoms with Crippen molar-refractivity contribution in [2.75, 3.05) is 39.3 Å². The fourth-order valence-electron chi connectivity index (χ4n) is 2.84. The molecule has 1 atom stereocenters. The highest BCUT2D eigenvalue weighted by molar-refractivity contribution is 5.83. The molecule has 1 N–H and O–H groups in total. The minimum atomic E-state index is -0.253. The van der Waals surface area contributed by atoms with Crippen molar-refractivity contribution in [1.29, 1.82) is 0 Å². The second kappa shape index (κ2) is 5.26. The third-order valence-electron chi connectivity index (χ3n) is 4.13. The summed E-state index contributed by atoms with van der Waals surface area (Å²) in [4.78, 5) is 27.5. The third kappa shape index (κ3) is 2.66. The van der Waals surface area contributed by atoms with Crippen LogP contribution in [0.1, 0.15) is 26.7 Å². The number of hydrogen-bond donors (Lipinski definition) is 1. The van der Waals surface area contributed by atoms with E-state index in [2.05, 4.69) is 12.2 Å². The number of nitrogens with one attached hydrogen (secondary N) is 1. The van der Waals surface area contributed by atoms with Gasteiger partial charge in [-0.2, -0.15) is 0 Å². The summed E-state index contributed by atoms with van der Waals surface area (Å²) in [6.07, 6.45) is 2.03.